The lowest BCUT2D eigenvalue weighted by molar-refractivity contribution is 0.415. The maximum atomic E-state index is 6.17. The maximum Gasteiger partial charge on any atom is 0.142 e. The van der Waals surface area contributed by atoms with E-state index in [1.807, 2.05) is 32.0 Å². The molecular weight excluding hydrogens is 262 g/mol. The van der Waals surface area contributed by atoms with Gasteiger partial charge in [-0.1, -0.05) is 11.6 Å². The lowest BCUT2D eigenvalue weighted by atomic mass is 10.0. The minimum Gasteiger partial charge on any atom is -0.495 e. The van der Waals surface area contributed by atoms with Crippen LogP contribution in [0.2, 0.25) is 5.02 Å². The van der Waals surface area contributed by atoms with Crippen LogP contribution in [0.3, 0.4) is 0 Å². The maximum absolute atomic E-state index is 6.17. The van der Waals surface area contributed by atoms with E-state index in [4.69, 9.17) is 22.1 Å². The summed E-state index contributed by atoms with van der Waals surface area (Å²) in [5.41, 5.74) is 9.33. The molecule has 0 aliphatic rings. The molecule has 4 nitrogen and oxygen atoms in total. The number of hydrogen-bond acceptors (Lipinski definition) is 4. The molecule has 0 unspecified atom stereocenters. The molecule has 0 fully saturated rings. The summed E-state index contributed by atoms with van der Waals surface area (Å²) in [5.74, 6) is 1.29. The topological polar surface area (TPSA) is 61.0 Å². The highest BCUT2D eigenvalue weighted by Gasteiger charge is 2.11. The molecule has 5 heteroatoms. The minimum atomic E-state index is 0.317. The van der Waals surface area contributed by atoms with E-state index in [2.05, 4.69) is 9.97 Å². The van der Waals surface area contributed by atoms with Gasteiger partial charge in [0.25, 0.3) is 0 Å². The summed E-state index contributed by atoms with van der Waals surface area (Å²) in [6, 6.07) is 5.68. The second-order valence-electron chi connectivity index (χ2n) is 4.32. The molecule has 1 aromatic carbocycles. The first-order valence-electron chi connectivity index (χ1n) is 5.94. The second kappa shape index (κ2) is 5.55. The zero-order valence-corrected chi connectivity index (χ0v) is 12.0. The lowest BCUT2D eigenvalue weighted by Crippen LogP contribution is -2.05. The Kier molecular flexibility index (Phi) is 4.02. The molecule has 19 heavy (non-hydrogen) atoms. The molecule has 2 aromatic rings. The van der Waals surface area contributed by atoms with Gasteiger partial charge in [-0.15, -0.1) is 0 Å². The highest BCUT2D eigenvalue weighted by Crippen LogP contribution is 2.32. The number of hydrogen-bond donors (Lipinski definition) is 1. The molecule has 100 valence electrons. The first-order chi connectivity index (χ1) is 9.05. The minimum absolute atomic E-state index is 0.317. The Morgan fingerprint density at radius 2 is 1.95 bits per heavy atom. The summed E-state index contributed by atoms with van der Waals surface area (Å²) in [5, 5.41) is 0.564. The van der Waals surface area contributed by atoms with Gasteiger partial charge in [0.15, 0.2) is 0 Å². The van der Waals surface area contributed by atoms with E-state index >= 15 is 0 Å². The largest absolute Gasteiger partial charge is 0.495 e. The highest BCUT2D eigenvalue weighted by atomic mass is 35.5. The SMILES string of the molecule is COc1cc(C)c(-c2cc(C)nc(CN)n2)cc1Cl. The smallest absolute Gasteiger partial charge is 0.142 e. The van der Waals surface area contributed by atoms with Gasteiger partial charge in [-0.3, -0.25) is 0 Å². The molecule has 0 saturated carbocycles. The standard InChI is InChI=1S/C14H16ClN3O/c1-8-4-13(19-3)11(15)6-10(8)12-5-9(2)17-14(7-16)18-12/h4-6H,7,16H2,1-3H3. The summed E-state index contributed by atoms with van der Waals surface area (Å²) >= 11 is 6.17. The van der Waals surface area contributed by atoms with Crippen molar-refractivity contribution >= 4 is 11.6 Å². The Bertz CT molecular complexity index is 614. The summed E-state index contributed by atoms with van der Waals surface area (Å²) in [6.45, 7) is 4.23. The summed E-state index contributed by atoms with van der Waals surface area (Å²) < 4.78 is 5.20. The van der Waals surface area contributed by atoms with Gasteiger partial charge in [0, 0.05) is 11.3 Å². The fraction of sp³-hybridized carbons (Fsp3) is 0.286. The van der Waals surface area contributed by atoms with Gasteiger partial charge in [0.05, 0.1) is 24.4 Å². The van der Waals surface area contributed by atoms with Crippen LogP contribution in [0.4, 0.5) is 0 Å². The predicted molar refractivity (Wildman–Crippen MR) is 76.4 cm³/mol. The Morgan fingerprint density at radius 3 is 2.58 bits per heavy atom. The summed E-state index contributed by atoms with van der Waals surface area (Å²) in [6.07, 6.45) is 0. The van der Waals surface area contributed by atoms with E-state index in [0.717, 1.165) is 22.5 Å². The second-order valence-corrected chi connectivity index (χ2v) is 4.72. The molecule has 0 aliphatic heterocycles. The van der Waals surface area contributed by atoms with Crippen LogP contribution < -0.4 is 10.5 Å². The van der Waals surface area contributed by atoms with Crippen molar-refractivity contribution in [3.8, 4) is 17.0 Å². The van der Waals surface area contributed by atoms with E-state index in [9.17, 15) is 0 Å². The van der Waals surface area contributed by atoms with E-state index in [1.54, 1.807) is 7.11 Å². The first-order valence-corrected chi connectivity index (χ1v) is 6.32. The molecule has 0 bridgehead atoms. The fourth-order valence-electron chi connectivity index (χ4n) is 1.95. The Hall–Kier alpha value is -1.65. The number of benzene rings is 1. The van der Waals surface area contributed by atoms with Gasteiger partial charge in [-0.25, -0.2) is 9.97 Å². The van der Waals surface area contributed by atoms with Gasteiger partial charge >= 0.3 is 0 Å². The van der Waals surface area contributed by atoms with E-state index < -0.39 is 0 Å². The summed E-state index contributed by atoms with van der Waals surface area (Å²) in [4.78, 5) is 8.71. The Balaban J connectivity index is 2.58. The van der Waals surface area contributed by atoms with Crippen LogP contribution in [0.5, 0.6) is 5.75 Å². The number of aromatic nitrogens is 2. The number of ether oxygens (including phenoxy) is 1. The fourth-order valence-corrected chi connectivity index (χ4v) is 2.19. The zero-order valence-electron chi connectivity index (χ0n) is 11.2. The quantitative estimate of drug-likeness (QED) is 0.937. The van der Waals surface area contributed by atoms with Crippen LogP contribution in [0.25, 0.3) is 11.3 Å². The molecule has 0 atom stereocenters. The molecule has 0 radical (unpaired) electrons. The molecule has 0 spiro atoms. The third-order valence-corrected chi connectivity index (χ3v) is 3.15. The van der Waals surface area contributed by atoms with Crippen LogP contribution in [0, 0.1) is 13.8 Å². The van der Waals surface area contributed by atoms with Crippen LogP contribution >= 0.6 is 11.6 Å². The van der Waals surface area contributed by atoms with E-state index in [-0.39, 0.29) is 0 Å². The molecule has 0 aliphatic carbocycles. The van der Waals surface area contributed by atoms with Crippen LogP contribution in [-0.4, -0.2) is 17.1 Å². The van der Waals surface area contributed by atoms with Crippen molar-refractivity contribution in [2.75, 3.05) is 7.11 Å². The number of methoxy groups -OCH3 is 1. The van der Waals surface area contributed by atoms with Crippen molar-refractivity contribution in [2.45, 2.75) is 20.4 Å². The predicted octanol–water partition coefficient (Wildman–Crippen LogP) is 2.88. The number of rotatable bonds is 3. The third-order valence-electron chi connectivity index (χ3n) is 2.86. The van der Waals surface area contributed by atoms with Crippen molar-refractivity contribution in [2.24, 2.45) is 5.73 Å². The van der Waals surface area contributed by atoms with Crippen LogP contribution in [-0.2, 0) is 6.54 Å². The average molecular weight is 278 g/mol. The van der Waals surface area contributed by atoms with Gasteiger partial charge in [-0.2, -0.15) is 0 Å². The van der Waals surface area contributed by atoms with Gasteiger partial charge in [0.2, 0.25) is 0 Å². The van der Waals surface area contributed by atoms with Crippen molar-refractivity contribution < 1.29 is 4.74 Å². The number of halogens is 1. The number of nitrogens with two attached hydrogens (primary N) is 1. The monoisotopic (exact) mass is 277 g/mol. The van der Waals surface area contributed by atoms with E-state index in [0.29, 0.717) is 23.1 Å². The highest BCUT2D eigenvalue weighted by molar-refractivity contribution is 6.32. The molecule has 0 amide bonds. The van der Waals surface area contributed by atoms with Gasteiger partial charge in [-0.05, 0) is 37.6 Å². The molecule has 0 saturated heterocycles. The molecule has 2 N–H and O–H groups in total. The zero-order chi connectivity index (χ0) is 14.0. The van der Waals surface area contributed by atoms with Crippen molar-refractivity contribution in [3.63, 3.8) is 0 Å². The normalized spacial score (nSPS) is 10.6. The number of aryl methyl sites for hydroxylation is 2. The van der Waals surface area contributed by atoms with Crippen LogP contribution in [0.15, 0.2) is 18.2 Å². The molecule has 1 aromatic heterocycles. The van der Waals surface area contributed by atoms with Gasteiger partial charge in [0.1, 0.15) is 11.6 Å². The van der Waals surface area contributed by atoms with E-state index in [1.165, 1.54) is 0 Å². The van der Waals surface area contributed by atoms with Crippen LogP contribution in [0.1, 0.15) is 17.1 Å². The van der Waals surface area contributed by atoms with Crippen molar-refractivity contribution in [3.05, 3.63) is 40.3 Å². The average Bonchev–Trinajstić information content (AvgIpc) is 2.40. The molecule has 2 rings (SSSR count). The molecule has 1 heterocycles. The molecular formula is C14H16ClN3O. The Morgan fingerprint density at radius 1 is 1.21 bits per heavy atom. The lowest BCUT2D eigenvalue weighted by Gasteiger charge is -2.11. The van der Waals surface area contributed by atoms with Gasteiger partial charge < -0.3 is 10.5 Å². The first kappa shape index (κ1) is 13.8. The Labute approximate surface area is 117 Å². The van der Waals surface area contributed by atoms with Crippen molar-refractivity contribution in [1.29, 1.82) is 0 Å². The summed E-state index contributed by atoms with van der Waals surface area (Å²) in [7, 11) is 1.60. The third kappa shape index (κ3) is 2.85. The van der Waals surface area contributed by atoms with Crippen molar-refractivity contribution in [1.82, 2.24) is 9.97 Å². The number of nitrogens with zero attached hydrogens (tertiary/aromatic N) is 2.